The summed E-state index contributed by atoms with van der Waals surface area (Å²) in [5, 5.41) is 10.9. The van der Waals surface area contributed by atoms with Gasteiger partial charge < -0.3 is 4.90 Å². The summed E-state index contributed by atoms with van der Waals surface area (Å²) < 4.78 is 1.59. The van der Waals surface area contributed by atoms with Crippen molar-refractivity contribution < 1.29 is 4.79 Å². The second-order valence-corrected chi connectivity index (χ2v) is 5.82. The minimum atomic E-state index is 0.171. The van der Waals surface area contributed by atoms with E-state index in [1.54, 1.807) is 4.68 Å². The van der Waals surface area contributed by atoms with E-state index in [0.29, 0.717) is 13.0 Å². The van der Waals surface area contributed by atoms with Crippen LogP contribution in [0, 0.1) is 0 Å². The number of hydrogen-bond acceptors (Lipinski definition) is 5. The second-order valence-electron chi connectivity index (χ2n) is 5.82. The van der Waals surface area contributed by atoms with Crippen LogP contribution in [0.1, 0.15) is 12.0 Å². The van der Waals surface area contributed by atoms with E-state index in [1.165, 1.54) is 11.9 Å². The number of aryl methyl sites for hydroxylation is 1. The first-order valence-corrected chi connectivity index (χ1v) is 8.24. The number of rotatable bonds is 6. The lowest BCUT2D eigenvalue weighted by Gasteiger charge is -2.34. The predicted molar refractivity (Wildman–Crippen MR) is 90.9 cm³/mol. The number of hydrogen-bond donors (Lipinski definition) is 0. The zero-order valence-electron chi connectivity index (χ0n) is 13.7. The first-order valence-electron chi connectivity index (χ1n) is 8.24. The normalized spacial score (nSPS) is 15.9. The van der Waals surface area contributed by atoms with Crippen molar-refractivity contribution >= 4 is 12.0 Å². The Bertz CT molecular complexity index is 647. The third kappa shape index (κ3) is 4.73. The van der Waals surface area contributed by atoms with Gasteiger partial charge in [0.2, 0.25) is 5.91 Å². The summed E-state index contributed by atoms with van der Waals surface area (Å²) in [5.74, 6) is 0.171. The van der Waals surface area contributed by atoms with Crippen LogP contribution in [0.3, 0.4) is 0 Å². The van der Waals surface area contributed by atoms with E-state index >= 15 is 0 Å². The van der Waals surface area contributed by atoms with Crippen LogP contribution < -0.4 is 0 Å². The quantitative estimate of drug-likeness (QED) is 0.790. The highest BCUT2D eigenvalue weighted by Gasteiger charge is 2.20. The van der Waals surface area contributed by atoms with Crippen LogP contribution in [0.25, 0.3) is 6.08 Å². The third-order valence-electron chi connectivity index (χ3n) is 4.14. The number of carbonyl (C=O) groups excluding carboxylic acids is 1. The number of amides is 1. The fourth-order valence-corrected chi connectivity index (χ4v) is 2.73. The number of piperazine rings is 1. The summed E-state index contributed by atoms with van der Waals surface area (Å²) in [4.78, 5) is 16.5. The summed E-state index contributed by atoms with van der Waals surface area (Å²) in [6, 6.07) is 10.3. The van der Waals surface area contributed by atoms with Gasteiger partial charge in [-0.25, -0.2) is 4.68 Å². The van der Waals surface area contributed by atoms with Gasteiger partial charge in [0.25, 0.3) is 0 Å². The number of carbonyl (C=O) groups is 1. The van der Waals surface area contributed by atoms with Gasteiger partial charge in [0.05, 0.1) is 6.54 Å². The Morgan fingerprint density at radius 2 is 1.92 bits per heavy atom. The first-order chi connectivity index (χ1) is 11.8. The van der Waals surface area contributed by atoms with Crippen molar-refractivity contribution in [3.63, 3.8) is 0 Å². The standard InChI is InChI=1S/C17H22N6O/c24-17(8-10-23-15-18-19-20-23)22-13-11-21(12-14-22)9-4-7-16-5-2-1-3-6-16/h1-7,15H,8-14H2/b7-4+. The lowest BCUT2D eigenvalue weighted by molar-refractivity contribution is -0.133. The minimum Gasteiger partial charge on any atom is -0.340 e. The molecule has 1 aromatic heterocycles. The summed E-state index contributed by atoms with van der Waals surface area (Å²) >= 11 is 0. The minimum absolute atomic E-state index is 0.171. The lowest BCUT2D eigenvalue weighted by Crippen LogP contribution is -2.48. The maximum absolute atomic E-state index is 12.2. The molecule has 0 N–H and O–H groups in total. The molecular weight excluding hydrogens is 304 g/mol. The van der Waals surface area contributed by atoms with E-state index in [1.807, 2.05) is 23.1 Å². The summed E-state index contributed by atoms with van der Waals surface area (Å²) in [5.41, 5.74) is 1.22. The molecule has 0 unspecified atom stereocenters. The molecule has 2 heterocycles. The number of benzene rings is 1. The zero-order valence-corrected chi connectivity index (χ0v) is 13.7. The smallest absolute Gasteiger partial charge is 0.224 e. The van der Waals surface area contributed by atoms with Crippen LogP contribution in [0.2, 0.25) is 0 Å². The molecule has 1 fully saturated rings. The Balaban J connectivity index is 1.37. The summed E-state index contributed by atoms with van der Waals surface area (Å²) in [6.45, 7) is 4.85. The highest BCUT2D eigenvalue weighted by atomic mass is 16.2. The molecule has 0 aliphatic carbocycles. The summed E-state index contributed by atoms with van der Waals surface area (Å²) in [6.07, 6.45) is 6.30. The Hall–Kier alpha value is -2.54. The molecule has 7 nitrogen and oxygen atoms in total. The molecular formula is C17H22N6O. The van der Waals surface area contributed by atoms with Crippen molar-refractivity contribution in [1.82, 2.24) is 30.0 Å². The molecule has 126 valence electrons. The molecule has 0 bridgehead atoms. The molecule has 1 aromatic carbocycles. The average molecular weight is 326 g/mol. The van der Waals surface area contributed by atoms with Gasteiger partial charge >= 0.3 is 0 Å². The van der Waals surface area contributed by atoms with Crippen molar-refractivity contribution in [3.8, 4) is 0 Å². The van der Waals surface area contributed by atoms with Crippen LogP contribution in [0.5, 0.6) is 0 Å². The highest BCUT2D eigenvalue weighted by Crippen LogP contribution is 2.06. The van der Waals surface area contributed by atoms with Gasteiger partial charge in [0, 0.05) is 39.1 Å². The molecule has 0 saturated carbocycles. The van der Waals surface area contributed by atoms with Gasteiger partial charge in [-0.05, 0) is 16.0 Å². The van der Waals surface area contributed by atoms with Crippen molar-refractivity contribution in [2.75, 3.05) is 32.7 Å². The number of nitrogens with zero attached hydrogens (tertiary/aromatic N) is 6. The Labute approximate surface area is 141 Å². The average Bonchev–Trinajstić information content (AvgIpc) is 3.15. The van der Waals surface area contributed by atoms with Crippen molar-refractivity contribution in [3.05, 3.63) is 48.3 Å². The third-order valence-corrected chi connectivity index (χ3v) is 4.14. The Morgan fingerprint density at radius 3 is 2.62 bits per heavy atom. The van der Waals surface area contributed by atoms with Crippen LogP contribution in [-0.2, 0) is 11.3 Å². The van der Waals surface area contributed by atoms with Gasteiger partial charge in [0.15, 0.2) is 0 Å². The van der Waals surface area contributed by atoms with Crippen molar-refractivity contribution in [2.24, 2.45) is 0 Å². The molecule has 1 aliphatic rings. The van der Waals surface area contributed by atoms with Crippen LogP contribution in [-0.4, -0.2) is 68.6 Å². The maximum Gasteiger partial charge on any atom is 0.224 e. The van der Waals surface area contributed by atoms with E-state index in [9.17, 15) is 4.79 Å². The number of aromatic nitrogens is 4. The molecule has 0 spiro atoms. The van der Waals surface area contributed by atoms with Crippen molar-refractivity contribution in [2.45, 2.75) is 13.0 Å². The highest BCUT2D eigenvalue weighted by molar-refractivity contribution is 5.76. The van der Waals surface area contributed by atoms with Crippen LogP contribution in [0.15, 0.2) is 42.7 Å². The van der Waals surface area contributed by atoms with E-state index < -0.39 is 0 Å². The maximum atomic E-state index is 12.2. The lowest BCUT2D eigenvalue weighted by atomic mass is 10.2. The molecule has 0 radical (unpaired) electrons. The largest absolute Gasteiger partial charge is 0.340 e. The SMILES string of the molecule is O=C(CCn1cnnn1)N1CCN(C/C=C/c2ccccc2)CC1. The number of tetrazole rings is 1. The molecule has 1 amide bonds. The van der Waals surface area contributed by atoms with Gasteiger partial charge in [0.1, 0.15) is 6.33 Å². The zero-order chi connectivity index (χ0) is 16.6. The van der Waals surface area contributed by atoms with E-state index in [-0.39, 0.29) is 5.91 Å². The van der Waals surface area contributed by atoms with E-state index in [4.69, 9.17) is 0 Å². The van der Waals surface area contributed by atoms with Gasteiger partial charge in [-0.2, -0.15) is 0 Å². The molecule has 0 atom stereocenters. The molecule has 3 rings (SSSR count). The van der Waals surface area contributed by atoms with E-state index in [0.717, 1.165) is 32.7 Å². The monoisotopic (exact) mass is 326 g/mol. The fraction of sp³-hybridized carbons (Fsp3) is 0.412. The van der Waals surface area contributed by atoms with Gasteiger partial charge in [-0.15, -0.1) is 5.10 Å². The topological polar surface area (TPSA) is 67.2 Å². The predicted octanol–water partition coefficient (Wildman–Crippen LogP) is 0.921. The van der Waals surface area contributed by atoms with Crippen LogP contribution >= 0.6 is 0 Å². The summed E-state index contributed by atoms with van der Waals surface area (Å²) in [7, 11) is 0. The molecule has 2 aromatic rings. The molecule has 1 aliphatic heterocycles. The van der Waals surface area contributed by atoms with Crippen LogP contribution in [0.4, 0.5) is 0 Å². The Kier molecular flexibility index (Phi) is 5.68. The molecule has 24 heavy (non-hydrogen) atoms. The molecule has 1 saturated heterocycles. The fourth-order valence-electron chi connectivity index (χ4n) is 2.73. The van der Waals surface area contributed by atoms with Gasteiger partial charge in [-0.3, -0.25) is 9.69 Å². The molecule has 7 heteroatoms. The first kappa shape index (κ1) is 16.3. The Morgan fingerprint density at radius 1 is 1.12 bits per heavy atom. The second kappa shape index (κ2) is 8.35. The van der Waals surface area contributed by atoms with E-state index in [2.05, 4.69) is 44.7 Å². The van der Waals surface area contributed by atoms with Crippen molar-refractivity contribution in [1.29, 1.82) is 0 Å². The van der Waals surface area contributed by atoms with Gasteiger partial charge in [-0.1, -0.05) is 42.5 Å².